The number of pyridine rings is 1. The molecular weight excluding hydrogens is 410 g/mol. The summed E-state index contributed by atoms with van der Waals surface area (Å²) >= 11 is 6.45. The highest BCUT2D eigenvalue weighted by Gasteiger charge is 2.22. The highest BCUT2D eigenvalue weighted by atomic mass is 35.5. The first kappa shape index (κ1) is 21.7. The van der Waals surface area contributed by atoms with E-state index in [-0.39, 0.29) is 17.9 Å². The second-order valence-electron chi connectivity index (χ2n) is 7.48. The van der Waals surface area contributed by atoms with Crippen LogP contribution in [0.5, 0.6) is 11.5 Å². The molecule has 8 nitrogen and oxygen atoms in total. The number of nitrogens with zero attached hydrogens (tertiary/aromatic N) is 1. The van der Waals surface area contributed by atoms with Gasteiger partial charge in [0.2, 0.25) is 5.91 Å². The van der Waals surface area contributed by atoms with Gasteiger partial charge >= 0.3 is 6.09 Å². The highest BCUT2D eigenvalue weighted by Crippen LogP contribution is 2.43. The lowest BCUT2D eigenvalue weighted by Gasteiger charge is -2.23. The molecule has 1 aromatic carbocycles. The summed E-state index contributed by atoms with van der Waals surface area (Å²) in [6.07, 6.45) is 1.27. The van der Waals surface area contributed by atoms with Gasteiger partial charge in [0.1, 0.15) is 23.9 Å². The van der Waals surface area contributed by atoms with Crippen LogP contribution in [0.4, 0.5) is 10.6 Å². The van der Waals surface area contributed by atoms with Crippen molar-refractivity contribution < 1.29 is 24.2 Å². The molecule has 30 heavy (non-hydrogen) atoms. The lowest BCUT2D eigenvalue weighted by molar-refractivity contribution is -0.114. The number of rotatable bonds is 7. The number of carbonyl (C=O) groups is 2. The zero-order valence-electron chi connectivity index (χ0n) is 17.0. The maximum Gasteiger partial charge on any atom is 0.404 e. The number of amides is 2. The van der Waals surface area contributed by atoms with Crippen LogP contribution in [-0.2, 0) is 11.4 Å². The van der Waals surface area contributed by atoms with E-state index in [1.807, 2.05) is 13.8 Å². The summed E-state index contributed by atoms with van der Waals surface area (Å²) in [5.41, 5.74) is 2.59. The van der Waals surface area contributed by atoms with Gasteiger partial charge in [0, 0.05) is 36.4 Å². The predicted octanol–water partition coefficient (Wildman–Crippen LogP) is 4.31. The van der Waals surface area contributed by atoms with E-state index >= 15 is 0 Å². The van der Waals surface area contributed by atoms with Crippen molar-refractivity contribution in [3.63, 3.8) is 0 Å². The number of carbonyl (C=O) groups excluding carboxylic acids is 1. The number of fused-ring (bicyclic) bond motifs is 3. The fourth-order valence-electron chi connectivity index (χ4n) is 3.40. The van der Waals surface area contributed by atoms with E-state index in [9.17, 15) is 9.59 Å². The minimum atomic E-state index is -1.04. The molecule has 1 aromatic heterocycles. The number of benzene rings is 1. The van der Waals surface area contributed by atoms with Gasteiger partial charge in [-0.1, -0.05) is 18.5 Å². The van der Waals surface area contributed by atoms with E-state index in [0.29, 0.717) is 42.0 Å². The third-order valence-electron chi connectivity index (χ3n) is 4.65. The lowest BCUT2D eigenvalue weighted by Crippen LogP contribution is -2.33. The second-order valence-corrected chi connectivity index (χ2v) is 7.88. The van der Waals surface area contributed by atoms with Gasteiger partial charge in [-0.2, -0.15) is 0 Å². The van der Waals surface area contributed by atoms with Crippen LogP contribution >= 0.6 is 11.6 Å². The molecule has 160 valence electrons. The summed E-state index contributed by atoms with van der Waals surface area (Å²) < 4.78 is 11.7. The summed E-state index contributed by atoms with van der Waals surface area (Å²) in [6.45, 7) is 5.96. The van der Waals surface area contributed by atoms with Gasteiger partial charge in [-0.25, -0.2) is 9.78 Å². The Hall–Kier alpha value is -3.00. The van der Waals surface area contributed by atoms with Crippen LogP contribution in [0.15, 0.2) is 24.4 Å². The summed E-state index contributed by atoms with van der Waals surface area (Å²) in [7, 11) is 0. The molecular formula is C21H24ClN3O5. The summed E-state index contributed by atoms with van der Waals surface area (Å²) in [4.78, 5) is 26.3. The van der Waals surface area contributed by atoms with Crippen LogP contribution in [0.1, 0.15) is 32.8 Å². The Morgan fingerprint density at radius 3 is 2.77 bits per heavy atom. The van der Waals surface area contributed by atoms with Crippen LogP contribution in [0.2, 0.25) is 5.02 Å². The van der Waals surface area contributed by atoms with E-state index in [0.717, 1.165) is 16.7 Å². The van der Waals surface area contributed by atoms with Crippen molar-refractivity contribution in [2.24, 2.45) is 5.92 Å². The Morgan fingerprint density at radius 2 is 2.07 bits per heavy atom. The minimum absolute atomic E-state index is 0.117. The van der Waals surface area contributed by atoms with Crippen molar-refractivity contribution in [2.75, 3.05) is 11.9 Å². The molecule has 0 fully saturated rings. The van der Waals surface area contributed by atoms with Crippen molar-refractivity contribution >= 4 is 29.4 Å². The molecule has 9 heteroatoms. The number of ether oxygens (including phenoxy) is 2. The maximum atomic E-state index is 11.3. The molecule has 0 saturated heterocycles. The zero-order valence-corrected chi connectivity index (χ0v) is 17.7. The van der Waals surface area contributed by atoms with Crippen LogP contribution < -0.4 is 20.1 Å². The first-order chi connectivity index (χ1) is 14.2. The molecule has 3 N–H and O–H groups in total. The molecule has 0 spiro atoms. The van der Waals surface area contributed by atoms with Crippen molar-refractivity contribution in [3.8, 4) is 22.6 Å². The molecule has 3 rings (SSSR count). The van der Waals surface area contributed by atoms with E-state index in [4.69, 9.17) is 26.2 Å². The SMILES string of the molecule is CC(=O)Nc1cc2c(cn1)COc1cc(OCC(C)CC(C)NC(=O)O)c(Cl)cc1-2. The molecule has 0 aliphatic carbocycles. The van der Waals surface area contributed by atoms with Gasteiger partial charge in [0.05, 0.1) is 11.6 Å². The van der Waals surface area contributed by atoms with Crippen LogP contribution in [0, 0.1) is 5.92 Å². The number of hydrogen-bond donors (Lipinski definition) is 3. The van der Waals surface area contributed by atoms with Crippen LogP contribution in [0.3, 0.4) is 0 Å². The molecule has 1 aliphatic rings. The van der Waals surface area contributed by atoms with Crippen molar-refractivity contribution in [3.05, 3.63) is 35.0 Å². The van der Waals surface area contributed by atoms with E-state index in [1.165, 1.54) is 6.92 Å². The van der Waals surface area contributed by atoms with Gasteiger partial charge in [0.15, 0.2) is 0 Å². The van der Waals surface area contributed by atoms with E-state index in [1.54, 1.807) is 24.4 Å². The number of halogens is 1. The van der Waals surface area contributed by atoms with E-state index in [2.05, 4.69) is 15.6 Å². The van der Waals surface area contributed by atoms with E-state index < -0.39 is 6.09 Å². The van der Waals surface area contributed by atoms with Gasteiger partial charge in [-0.05, 0) is 37.0 Å². The minimum Gasteiger partial charge on any atom is -0.492 e. The van der Waals surface area contributed by atoms with Gasteiger partial charge in [-0.3, -0.25) is 4.79 Å². The fraction of sp³-hybridized carbons (Fsp3) is 0.381. The lowest BCUT2D eigenvalue weighted by atomic mass is 9.98. The van der Waals surface area contributed by atoms with Crippen molar-refractivity contribution in [2.45, 2.75) is 39.8 Å². The Labute approximate surface area is 179 Å². The molecule has 0 bridgehead atoms. The predicted molar refractivity (Wildman–Crippen MR) is 113 cm³/mol. The molecule has 0 saturated carbocycles. The maximum absolute atomic E-state index is 11.3. The smallest absolute Gasteiger partial charge is 0.404 e. The Balaban J connectivity index is 1.74. The Bertz CT molecular complexity index is 966. The second kappa shape index (κ2) is 9.21. The Kier molecular flexibility index (Phi) is 6.66. The molecule has 0 radical (unpaired) electrons. The highest BCUT2D eigenvalue weighted by molar-refractivity contribution is 6.32. The number of anilines is 1. The summed E-state index contributed by atoms with van der Waals surface area (Å²) in [6, 6.07) is 5.16. The van der Waals surface area contributed by atoms with Crippen molar-refractivity contribution in [1.29, 1.82) is 0 Å². The van der Waals surface area contributed by atoms with Gasteiger partial charge in [-0.15, -0.1) is 0 Å². The van der Waals surface area contributed by atoms with Gasteiger partial charge in [0.25, 0.3) is 0 Å². The normalized spacial score (nSPS) is 13.9. The number of hydrogen-bond acceptors (Lipinski definition) is 5. The summed E-state index contributed by atoms with van der Waals surface area (Å²) in [5, 5.41) is 14.3. The van der Waals surface area contributed by atoms with Crippen molar-refractivity contribution in [1.82, 2.24) is 10.3 Å². The average Bonchev–Trinajstić information content (AvgIpc) is 2.65. The quantitative estimate of drug-likeness (QED) is 0.600. The molecule has 2 heterocycles. The molecule has 2 aromatic rings. The fourth-order valence-corrected chi connectivity index (χ4v) is 3.62. The molecule has 2 unspecified atom stereocenters. The Morgan fingerprint density at radius 1 is 1.30 bits per heavy atom. The average molecular weight is 434 g/mol. The van der Waals surface area contributed by atoms with Crippen LogP contribution in [0.25, 0.3) is 11.1 Å². The van der Waals surface area contributed by atoms with Crippen LogP contribution in [-0.4, -0.2) is 34.7 Å². The number of carboxylic acid groups (broad SMARTS) is 1. The zero-order chi connectivity index (χ0) is 21.8. The standard InChI is InChI=1S/C21H24ClN3O5/c1-11(4-12(2)24-21(27)28)9-29-19-7-18-16(5-17(19)22)15-6-20(25-13(3)26)23-8-14(15)10-30-18/h5-8,11-12,24H,4,9-10H2,1-3H3,(H,27,28)(H,23,25,26). The first-order valence-corrected chi connectivity index (χ1v) is 9.96. The number of nitrogens with one attached hydrogen (secondary N) is 2. The molecule has 2 amide bonds. The van der Waals surface area contributed by atoms with Gasteiger partial charge < -0.3 is 25.2 Å². The largest absolute Gasteiger partial charge is 0.492 e. The monoisotopic (exact) mass is 433 g/mol. The summed E-state index contributed by atoms with van der Waals surface area (Å²) in [5.74, 6) is 1.52. The third-order valence-corrected chi connectivity index (χ3v) is 4.94. The molecule has 2 atom stereocenters. The third kappa shape index (κ3) is 5.33. The topological polar surface area (TPSA) is 110 Å². The molecule has 1 aliphatic heterocycles. The number of aromatic nitrogens is 1. The first-order valence-electron chi connectivity index (χ1n) is 9.58.